The molecule has 0 bridgehead atoms. The zero-order valence-electron chi connectivity index (χ0n) is 65.5. The van der Waals surface area contributed by atoms with Gasteiger partial charge in [0, 0.05) is 25.7 Å². The summed E-state index contributed by atoms with van der Waals surface area (Å²) in [6.45, 7) is 9.65. The van der Waals surface area contributed by atoms with Crippen LogP contribution in [0.15, 0.2) is 0 Å². The summed E-state index contributed by atoms with van der Waals surface area (Å²) >= 11 is 0. The molecular weight excluding hydrogens is 1310 g/mol. The van der Waals surface area contributed by atoms with Crippen LogP contribution in [0, 0.1) is 11.8 Å². The van der Waals surface area contributed by atoms with Crippen molar-refractivity contribution < 1.29 is 80.2 Å². The summed E-state index contributed by atoms with van der Waals surface area (Å²) in [6.07, 6.45) is 62.6. The highest BCUT2D eigenvalue weighted by atomic mass is 31.2. The van der Waals surface area contributed by atoms with E-state index in [-0.39, 0.29) is 25.7 Å². The minimum atomic E-state index is -4.96. The topological polar surface area (TPSA) is 237 Å². The number of ether oxygens (including phenoxy) is 4. The highest BCUT2D eigenvalue weighted by Gasteiger charge is 2.30. The molecule has 594 valence electrons. The second-order valence-corrected chi connectivity index (χ2v) is 32.8. The third-order valence-electron chi connectivity index (χ3n) is 19.3. The lowest BCUT2D eigenvalue weighted by Gasteiger charge is -2.21. The molecule has 0 spiro atoms. The first kappa shape index (κ1) is 98.1. The largest absolute Gasteiger partial charge is 0.472 e. The Hall–Kier alpha value is -1.94. The maximum atomic E-state index is 13.1. The second-order valence-electron chi connectivity index (χ2n) is 29.9. The molecule has 3 unspecified atom stereocenters. The zero-order valence-corrected chi connectivity index (χ0v) is 67.3. The lowest BCUT2D eigenvalue weighted by molar-refractivity contribution is -0.161. The number of carbonyl (C=O) groups is 4. The molecule has 19 heteroatoms. The molecule has 0 aliphatic carbocycles. The van der Waals surface area contributed by atoms with E-state index >= 15 is 0 Å². The number of esters is 4. The number of aliphatic hydroxyl groups is 1. The third-order valence-corrected chi connectivity index (χ3v) is 21.2. The highest BCUT2D eigenvalue weighted by molar-refractivity contribution is 7.47. The first-order chi connectivity index (χ1) is 48.4. The normalized spacial score (nSPS) is 14.2. The van der Waals surface area contributed by atoms with E-state index in [0.717, 1.165) is 115 Å². The van der Waals surface area contributed by atoms with E-state index in [2.05, 4.69) is 41.5 Å². The monoisotopic (exact) mass is 1470 g/mol. The van der Waals surface area contributed by atoms with E-state index < -0.39 is 97.5 Å². The van der Waals surface area contributed by atoms with Gasteiger partial charge in [0.15, 0.2) is 12.2 Å². The van der Waals surface area contributed by atoms with Crippen molar-refractivity contribution in [2.75, 3.05) is 39.6 Å². The Kier molecular flexibility index (Phi) is 71.2. The Labute approximate surface area is 613 Å². The van der Waals surface area contributed by atoms with E-state index in [1.165, 1.54) is 231 Å². The average molecular weight is 1470 g/mol. The molecule has 0 aromatic heterocycles. The number of phosphoric acid groups is 2. The van der Waals surface area contributed by atoms with Gasteiger partial charge in [0.2, 0.25) is 0 Å². The summed E-state index contributed by atoms with van der Waals surface area (Å²) in [6, 6.07) is 0. The molecule has 3 N–H and O–H groups in total. The molecule has 0 aromatic carbocycles. The third kappa shape index (κ3) is 73.0. The Morgan fingerprint density at radius 1 is 0.290 bits per heavy atom. The van der Waals surface area contributed by atoms with Crippen molar-refractivity contribution in [1.29, 1.82) is 0 Å². The quantitative estimate of drug-likeness (QED) is 0.0222. The van der Waals surface area contributed by atoms with Gasteiger partial charge in [-0.3, -0.25) is 37.3 Å². The fourth-order valence-electron chi connectivity index (χ4n) is 12.5. The number of phosphoric ester groups is 2. The SMILES string of the molecule is CCCCCCCCCCCCCCCCCCCCC(=O)OC[C@H](COP(=O)(O)OC[C@@H](O)COP(=O)(O)OC[C@@H](COC(=O)CCCCCCCCC)OC(=O)CCCCCCCCCCCCC(C)CC)OC(=O)CCCCCCCCCCCCCCCCCCCCC(C)C. The maximum Gasteiger partial charge on any atom is 0.472 e. The van der Waals surface area contributed by atoms with E-state index in [0.29, 0.717) is 25.7 Å². The summed E-state index contributed by atoms with van der Waals surface area (Å²) in [7, 11) is -9.91. The molecule has 17 nitrogen and oxygen atoms in total. The van der Waals surface area contributed by atoms with Gasteiger partial charge in [-0.05, 0) is 37.5 Å². The van der Waals surface area contributed by atoms with Gasteiger partial charge < -0.3 is 33.8 Å². The Morgan fingerprint density at radius 2 is 0.510 bits per heavy atom. The Morgan fingerprint density at radius 3 is 0.760 bits per heavy atom. The summed E-state index contributed by atoms with van der Waals surface area (Å²) in [5.74, 6) is -0.490. The average Bonchev–Trinajstić information content (AvgIpc) is 0.942. The van der Waals surface area contributed by atoms with Crippen molar-refractivity contribution in [3.63, 3.8) is 0 Å². The van der Waals surface area contributed by atoms with Crippen LogP contribution in [0.1, 0.15) is 427 Å². The summed E-state index contributed by atoms with van der Waals surface area (Å²) in [5.41, 5.74) is 0. The van der Waals surface area contributed by atoms with Gasteiger partial charge >= 0.3 is 39.5 Å². The Bertz CT molecular complexity index is 1930. The predicted octanol–water partition coefficient (Wildman–Crippen LogP) is 24.3. The van der Waals surface area contributed by atoms with Gasteiger partial charge in [-0.25, -0.2) is 9.13 Å². The van der Waals surface area contributed by atoms with Crippen LogP contribution in [0.4, 0.5) is 0 Å². The van der Waals surface area contributed by atoms with E-state index in [9.17, 15) is 43.2 Å². The van der Waals surface area contributed by atoms with E-state index in [1.807, 2.05) is 0 Å². The molecule has 0 fully saturated rings. The van der Waals surface area contributed by atoms with Gasteiger partial charge in [0.1, 0.15) is 19.3 Å². The Balaban J connectivity index is 5.17. The zero-order chi connectivity index (χ0) is 73.5. The maximum absolute atomic E-state index is 13.1. The number of carbonyl (C=O) groups excluding carboxylic acids is 4. The van der Waals surface area contributed by atoms with Crippen LogP contribution in [0.3, 0.4) is 0 Å². The molecule has 0 rings (SSSR count). The molecule has 0 aliphatic heterocycles. The molecule has 100 heavy (non-hydrogen) atoms. The summed E-state index contributed by atoms with van der Waals surface area (Å²) in [5, 5.41) is 10.6. The van der Waals surface area contributed by atoms with Crippen molar-refractivity contribution >= 4 is 39.5 Å². The number of aliphatic hydroxyl groups excluding tert-OH is 1. The molecule has 0 saturated heterocycles. The molecule has 0 radical (unpaired) electrons. The molecular formula is C81H158O17P2. The van der Waals surface area contributed by atoms with Crippen LogP contribution in [-0.4, -0.2) is 96.7 Å². The minimum Gasteiger partial charge on any atom is -0.462 e. The van der Waals surface area contributed by atoms with Crippen molar-refractivity contribution in [2.24, 2.45) is 11.8 Å². The molecule has 0 heterocycles. The lowest BCUT2D eigenvalue weighted by Crippen LogP contribution is -2.30. The fourth-order valence-corrected chi connectivity index (χ4v) is 14.1. The highest BCUT2D eigenvalue weighted by Crippen LogP contribution is 2.45. The number of rotatable bonds is 80. The molecule has 0 saturated carbocycles. The molecule has 0 aliphatic rings. The van der Waals surface area contributed by atoms with Crippen LogP contribution in [0.25, 0.3) is 0 Å². The van der Waals surface area contributed by atoms with Gasteiger partial charge in [0.25, 0.3) is 0 Å². The van der Waals surface area contributed by atoms with E-state index in [4.69, 9.17) is 37.0 Å². The number of hydrogen-bond acceptors (Lipinski definition) is 15. The predicted molar refractivity (Wildman–Crippen MR) is 409 cm³/mol. The summed E-state index contributed by atoms with van der Waals surface area (Å²) < 4.78 is 68.6. The van der Waals surface area contributed by atoms with Crippen LogP contribution < -0.4 is 0 Å². The first-order valence-corrected chi connectivity index (χ1v) is 45.0. The van der Waals surface area contributed by atoms with Crippen molar-refractivity contribution in [3.8, 4) is 0 Å². The van der Waals surface area contributed by atoms with Gasteiger partial charge in [-0.1, -0.05) is 375 Å². The van der Waals surface area contributed by atoms with Crippen molar-refractivity contribution in [2.45, 2.75) is 445 Å². The number of hydrogen-bond donors (Lipinski definition) is 3. The molecule has 0 amide bonds. The van der Waals surface area contributed by atoms with Crippen molar-refractivity contribution in [3.05, 3.63) is 0 Å². The van der Waals surface area contributed by atoms with Crippen LogP contribution >= 0.6 is 15.6 Å². The van der Waals surface area contributed by atoms with Gasteiger partial charge in [-0.2, -0.15) is 0 Å². The van der Waals surface area contributed by atoms with E-state index in [1.54, 1.807) is 0 Å². The van der Waals surface area contributed by atoms with Crippen LogP contribution in [0.2, 0.25) is 0 Å². The smallest absolute Gasteiger partial charge is 0.462 e. The second kappa shape index (κ2) is 72.6. The van der Waals surface area contributed by atoms with Crippen LogP contribution in [-0.2, 0) is 65.4 Å². The van der Waals surface area contributed by atoms with Gasteiger partial charge in [-0.15, -0.1) is 0 Å². The van der Waals surface area contributed by atoms with Gasteiger partial charge in [0.05, 0.1) is 26.4 Å². The fraction of sp³-hybridized carbons (Fsp3) is 0.951. The lowest BCUT2D eigenvalue weighted by atomic mass is 9.99. The minimum absolute atomic E-state index is 0.106. The van der Waals surface area contributed by atoms with Crippen molar-refractivity contribution in [1.82, 2.24) is 0 Å². The molecule has 6 atom stereocenters. The van der Waals surface area contributed by atoms with Crippen LogP contribution in [0.5, 0.6) is 0 Å². The molecule has 0 aromatic rings. The first-order valence-electron chi connectivity index (χ1n) is 42.0. The number of unbranched alkanes of at least 4 members (excludes halogenated alkanes) is 49. The summed E-state index contributed by atoms with van der Waals surface area (Å²) in [4.78, 5) is 72.9. The standard InChI is InChI=1S/C81H158O17P2/c1-7-10-12-14-16-17-18-19-20-21-25-28-31-34-40-46-52-58-64-79(84)92-70-77(98-80(85)65-59-53-47-41-35-32-29-26-23-22-24-27-30-33-38-44-49-55-61-73(4)5)72-96-100(89,90)94-68-75(82)67-93-99(87,88)95-71-76(69-91-78(83)63-57-51-43-15-13-11-8-2)97-81(86)66-60-54-48-42-37-36-39-45-50-56-62-74(6)9-3/h73-77,82H,7-72H2,1-6H3,(H,87,88)(H,89,90)/t74?,75-,76+,77+/m0/s1.